The van der Waals surface area contributed by atoms with Gasteiger partial charge in [-0.25, -0.2) is 4.98 Å². The molecule has 1 heterocycles. The Balaban J connectivity index is 1.85. The third-order valence-electron chi connectivity index (χ3n) is 3.53. The number of rotatable bonds is 7. The van der Waals surface area contributed by atoms with Crippen LogP contribution in [-0.2, 0) is 12.1 Å². The maximum absolute atomic E-state index is 5.71. The van der Waals surface area contributed by atoms with Gasteiger partial charge in [0, 0.05) is 12.7 Å². The lowest BCUT2D eigenvalue weighted by Crippen LogP contribution is -2.35. The maximum atomic E-state index is 5.71. The monoisotopic (exact) mass is 273 g/mol. The Kier molecular flexibility index (Phi) is 4.79. The van der Waals surface area contributed by atoms with Crippen LogP contribution in [0.15, 0.2) is 42.9 Å². The van der Waals surface area contributed by atoms with Gasteiger partial charge in [-0.05, 0) is 39.4 Å². The van der Waals surface area contributed by atoms with Crippen LogP contribution in [0.2, 0.25) is 0 Å². The molecule has 4 nitrogen and oxygen atoms in total. The SMILES string of the molecule is CNC(C)(C)c1cncn1CCCOc1ccccc1. The summed E-state index contributed by atoms with van der Waals surface area (Å²) in [6.07, 6.45) is 4.77. The van der Waals surface area contributed by atoms with E-state index in [4.69, 9.17) is 4.74 Å². The molecule has 1 N–H and O–H groups in total. The van der Waals surface area contributed by atoms with Crippen LogP contribution in [-0.4, -0.2) is 23.2 Å². The topological polar surface area (TPSA) is 39.1 Å². The molecule has 0 aliphatic heterocycles. The molecule has 4 heteroatoms. The van der Waals surface area contributed by atoms with Crippen LogP contribution in [0.4, 0.5) is 0 Å². The molecular formula is C16H23N3O. The Morgan fingerprint density at radius 2 is 2.00 bits per heavy atom. The van der Waals surface area contributed by atoms with Crippen LogP contribution in [0.1, 0.15) is 26.0 Å². The van der Waals surface area contributed by atoms with Gasteiger partial charge in [-0.2, -0.15) is 0 Å². The third kappa shape index (κ3) is 3.61. The second kappa shape index (κ2) is 6.57. The molecule has 108 valence electrons. The highest BCUT2D eigenvalue weighted by atomic mass is 16.5. The van der Waals surface area contributed by atoms with E-state index in [0.29, 0.717) is 6.61 Å². The minimum Gasteiger partial charge on any atom is -0.494 e. The van der Waals surface area contributed by atoms with E-state index in [-0.39, 0.29) is 5.54 Å². The molecule has 0 spiro atoms. The maximum Gasteiger partial charge on any atom is 0.119 e. The lowest BCUT2D eigenvalue weighted by atomic mass is 10.0. The fraction of sp³-hybridized carbons (Fsp3) is 0.438. The Hall–Kier alpha value is -1.81. The predicted octanol–water partition coefficient (Wildman–Crippen LogP) is 2.81. The molecule has 0 unspecified atom stereocenters. The molecule has 0 radical (unpaired) electrons. The molecule has 1 aromatic heterocycles. The van der Waals surface area contributed by atoms with Gasteiger partial charge in [0.25, 0.3) is 0 Å². The summed E-state index contributed by atoms with van der Waals surface area (Å²) in [5.74, 6) is 0.925. The zero-order valence-corrected chi connectivity index (χ0v) is 12.5. The van der Waals surface area contributed by atoms with Crippen molar-refractivity contribution >= 4 is 0 Å². The molecule has 2 rings (SSSR count). The van der Waals surface area contributed by atoms with Crippen molar-refractivity contribution in [2.24, 2.45) is 0 Å². The molecule has 0 aliphatic carbocycles. The van der Waals surface area contributed by atoms with Crippen LogP contribution in [0.25, 0.3) is 0 Å². The van der Waals surface area contributed by atoms with E-state index in [2.05, 4.69) is 28.7 Å². The Bertz CT molecular complexity index is 520. The van der Waals surface area contributed by atoms with Crippen molar-refractivity contribution in [3.63, 3.8) is 0 Å². The largest absolute Gasteiger partial charge is 0.494 e. The number of aryl methyl sites for hydroxylation is 1. The number of ether oxygens (including phenoxy) is 1. The van der Waals surface area contributed by atoms with Crippen molar-refractivity contribution < 1.29 is 4.74 Å². The quantitative estimate of drug-likeness (QED) is 0.788. The normalized spacial score (nSPS) is 11.6. The Morgan fingerprint density at radius 3 is 2.70 bits per heavy atom. The minimum atomic E-state index is -0.0726. The summed E-state index contributed by atoms with van der Waals surface area (Å²) in [4.78, 5) is 4.26. The first-order chi connectivity index (χ1) is 9.63. The van der Waals surface area contributed by atoms with Gasteiger partial charge in [-0.1, -0.05) is 18.2 Å². The Labute approximate surface area is 120 Å². The van der Waals surface area contributed by atoms with E-state index in [9.17, 15) is 0 Å². The standard InChI is InChI=1S/C16H23N3O/c1-16(2,17-3)15-12-18-13-19(15)10-7-11-20-14-8-5-4-6-9-14/h4-6,8-9,12-13,17H,7,10-11H2,1-3H3. The zero-order chi connectivity index (χ0) is 14.4. The van der Waals surface area contributed by atoms with Gasteiger partial charge < -0.3 is 14.6 Å². The molecule has 0 saturated heterocycles. The van der Waals surface area contributed by atoms with Crippen LogP contribution < -0.4 is 10.1 Å². The van der Waals surface area contributed by atoms with Crippen LogP contribution in [0.3, 0.4) is 0 Å². The molecule has 0 amide bonds. The van der Waals surface area contributed by atoms with Crippen molar-refractivity contribution in [2.45, 2.75) is 32.4 Å². The van der Waals surface area contributed by atoms with Gasteiger partial charge in [0.05, 0.1) is 24.2 Å². The minimum absolute atomic E-state index is 0.0726. The van der Waals surface area contributed by atoms with Crippen LogP contribution in [0.5, 0.6) is 5.75 Å². The third-order valence-corrected chi connectivity index (χ3v) is 3.53. The zero-order valence-electron chi connectivity index (χ0n) is 12.5. The fourth-order valence-corrected chi connectivity index (χ4v) is 2.09. The van der Waals surface area contributed by atoms with Gasteiger partial charge in [-0.3, -0.25) is 0 Å². The van der Waals surface area contributed by atoms with Gasteiger partial charge >= 0.3 is 0 Å². The summed E-state index contributed by atoms with van der Waals surface area (Å²) in [5.41, 5.74) is 1.12. The number of aromatic nitrogens is 2. The first-order valence-corrected chi connectivity index (χ1v) is 7.01. The average Bonchev–Trinajstić information content (AvgIpc) is 2.94. The molecular weight excluding hydrogens is 250 g/mol. The summed E-state index contributed by atoms with van der Waals surface area (Å²) < 4.78 is 7.89. The van der Waals surface area contributed by atoms with Crippen LogP contribution >= 0.6 is 0 Å². The lowest BCUT2D eigenvalue weighted by molar-refractivity contribution is 0.297. The molecule has 0 atom stereocenters. The number of nitrogens with one attached hydrogen (secondary N) is 1. The highest BCUT2D eigenvalue weighted by molar-refractivity contribution is 5.20. The first kappa shape index (κ1) is 14.6. The van der Waals surface area contributed by atoms with Crippen molar-refractivity contribution in [2.75, 3.05) is 13.7 Å². The van der Waals surface area contributed by atoms with E-state index in [1.54, 1.807) is 0 Å². The number of imidazole rings is 1. The number of benzene rings is 1. The summed E-state index contributed by atoms with van der Waals surface area (Å²) >= 11 is 0. The van der Waals surface area contributed by atoms with Gasteiger partial charge in [-0.15, -0.1) is 0 Å². The predicted molar refractivity (Wildman–Crippen MR) is 80.9 cm³/mol. The van der Waals surface area contributed by atoms with Crippen molar-refractivity contribution in [3.05, 3.63) is 48.5 Å². The average molecular weight is 273 g/mol. The summed E-state index contributed by atoms with van der Waals surface area (Å²) in [7, 11) is 1.97. The molecule has 0 bridgehead atoms. The summed E-state index contributed by atoms with van der Waals surface area (Å²) in [6.45, 7) is 5.93. The van der Waals surface area contributed by atoms with Gasteiger partial charge in [0.15, 0.2) is 0 Å². The van der Waals surface area contributed by atoms with E-state index < -0.39 is 0 Å². The summed E-state index contributed by atoms with van der Waals surface area (Å²) in [6, 6.07) is 9.92. The number of hydrogen-bond acceptors (Lipinski definition) is 3. The summed E-state index contributed by atoms with van der Waals surface area (Å²) in [5, 5.41) is 3.31. The van der Waals surface area contributed by atoms with Crippen molar-refractivity contribution in [1.82, 2.24) is 14.9 Å². The van der Waals surface area contributed by atoms with Gasteiger partial charge in [0.1, 0.15) is 5.75 Å². The molecule has 1 aromatic carbocycles. The Morgan fingerprint density at radius 1 is 1.25 bits per heavy atom. The van der Waals surface area contributed by atoms with Crippen molar-refractivity contribution in [1.29, 1.82) is 0 Å². The molecule has 0 saturated carbocycles. The van der Waals surface area contributed by atoms with E-state index >= 15 is 0 Å². The second-order valence-electron chi connectivity index (χ2n) is 5.36. The molecule has 2 aromatic rings. The molecule has 0 fully saturated rings. The molecule has 20 heavy (non-hydrogen) atoms. The highest BCUT2D eigenvalue weighted by Gasteiger charge is 2.21. The number of nitrogens with zero attached hydrogens (tertiary/aromatic N) is 2. The first-order valence-electron chi connectivity index (χ1n) is 7.01. The van der Waals surface area contributed by atoms with E-state index in [1.165, 1.54) is 5.69 Å². The number of para-hydroxylation sites is 1. The van der Waals surface area contributed by atoms with Gasteiger partial charge in [0.2, 0.25) is 0 Å². The smallest absolute Gasteiger partial charge is 0.119 e. The second-order valence-corrected chi connectivity index (χ2v) is 5.36. The van der Waals surface area contributed by atoms with Crippen molar-refractivity contribution in [3.8, 4) is 5.75 Å². The lowest BCUT2D eigenvalue weighted by Gasteiger charge is -2.25. The molecule has 0 aliphatic rings. The van der Waals surface area contributed by atoms with Crippen LogP contribution in [0, 0.1) is 0 Å². The van der Waals surface area contributed by atoms with E-state index in [1.807, 2.05) is 49.9 Å². The fourth-order valence-electron chi connectivity index (χ4n) is 2.09. The number of hydrogen-bond donors (Lipinski definition) is 1. The van der Waals surface area contributed by atoms with E-state index in [0.717, 1.165) is 18.7 Å². The highest BCUT2D eigenvalue weighted by Crippen LogP contribution is 2.19.